The third-order valence-corrected chi connectivity index (χ3v) is 17.6. The van der Waals surface area contributed by atoms with Crippen molar-refractivity contribution < 1.29 is 81.1 Å². The molecular weight excluding hydrogens is 1160 g/mol. The summed E-state index contributed by atoms with van der Waals surface area (Å²) in [6.07, 6.45) is 4.49. The smallest absolute Gasteiger partial charge is 0.355 e. The monoisotopic (exact) mass is 1230 g/mol. The van der Waals surface area contributed by atoms with Crippen molar-refractivity contribution in [3.05, 3.63) is 61.7 Å². The number of thioether (sulfide) groups is 1. The van der Waals surface area contributed by atoms with Crippen molar-refractivity contribution in [1.82, 2.24) is 40.6 Å². The molecule has 2 saturated heterocycles. The number of fused-ring (bicyclic) bond motifs is 5. The van der Waals surface area contributed by atoms with Crippen LogP contribution < -0.4 is 26.8 Å². The number of hydrogen-bond donors (Lipinski definition) is 5. The van der Waals surface area contributed by atoms with Crippen LogP contribution in [0.5, 0.6) is 0 Å². The normalized spacial score (nSPS) is 20.0. The molecule has 5 aliphatic rings. The van der Waals surface area contributed by atoms with Crippen LogP contribution in [-0.2, 0) is 96.8 Å². The number of ether oxygens (including phenoxy) is 5. The minimum Gasteiger partial charge on any atom is -0.481 e. The lowest BCUT2D eigenvalue weighted by atomic mass is 9.81. The number of pyridine rings is 2. The number of imide groups is 1. The molecule has 87 heavy (non-hydrogen) atoms. The SMILES string of the molecule is CC[C@@]1(OC(=O)[C@@H](NC(=O)[C@@H]2CCCN2C(=O)[C@H](CC(=O)O)NC(=O)CCOCCOCCOCCNC(=O)CCCCCN2C(=O)CC(SC)C2=O)C(C)C)C(=O)OCc2c1cc1n(c2=O)Cc2c-1nc1cc(F)c(C)c3c1c2[C@@H](NC(C)=O)CC3. The largest absolute Gasteiger partial charge is 0.481 e. The van der Waals surface area contributed by atoms with E-state index in [1.165, 1.54) is 34.2 Å². The number of unbranched alkanes of at least 4 members (excludes halogenated alkanes) is 2. The molecule has 2 aromatic heterocycles. The number of likely N-dealkylation sites (tertiary alicyclic amines) is 2. The quantitative estimate of drug-likeness (QED) is 0.0285. The molecule has 7 amide bonds. The van der Waals surface area contributed by atoms with Crippen LogP contribution in [0.2, 0.25) is 0 Å². The standard InChI is InChI=1S/C60H77FN8O17S/c1-7-60(38-26-44-53-36(30-69(44)55(77)37(38)31-85-59(60)81)51-40(63-34(5)70)15-14-35-33(4)39(61)27-41(65-53)50(35)51)86-58(80)52(32(2)3)66-54(76)43-12-11-19-67(43)56(78)42(28-49(74)75)64-47(72)16-20-82-22-24-84-25-23-83-21-17-62-46(71)13-9-8-10-18-68-48(73)29-45(87-6)57(68)79/h26-27,32,40,42-43,45,52H,7-25,28-31H2,1-6H3,(H,62,71)(H,63,70)(H,64,72)(H,66,76)(H,74,75)/t40-,42-,43-,45?,52-,60-/m0/s1. The van der Waals surface area contributed by atoms with E-state index in [0.29, 0.717) is 85.8 Å². The van der Waals surface area contributed by atoms with Crippen LogP contribution in [0.1, 0.15) is 138 Å². The number of carbonyl (C=O) groups is 10. The van der Waals surface area contributed by atoms with Crippen molar-refractivity contribution in [2.24, 2.45) is 5.92 Å². The fourth-order valence-corrected chi connectivity index (χ4v) is 12.7. The summed E-state index contributed by atoms with van der Waals surface area (Å²) in [5, 5.41) is 21.1. The molecule has 472 valence electrons. The Labute approximate surface area is 506 Å². The van der Waals surface area contributed by atoms with Gasteiger partial charge in [-0.15, -0.1) is 0 Å². The minimum atomic E-state index is -2.19. The van der Waals surface area contributed by atoms with E-state index < -0.39 is 95.7 Å². The zero-order valence-corrected chi connectivity index (χ0v) is 50.8. The molecule has 5 N–H and O–H groups in total. The Hall–Kier alpha value is -7.36. The summed E-state index contributed by atoms with van der Waals surface area (Å²) < 4.78 is 45.2. The first-order valence-electron chi connectivity index (χ1n) is 29.7. The predicted molar refractivity (Wildman–Crippen MR) is 311 cm³/mol. The highest BCUT2D eigenvalue weighted by Gasteiger charge is 2.52. The molecule has 27 heteroatoms. The van der Waals surface area contributed by atoms with E-state index in [2.05, 4.69) is 21.3 Å². The zero-order valence-electron chi connectivity index (χ0n) is 49.9. The molecule has 6 atom stereocenters. The number of nitrogens with one attached hydrogen (secondary N) is 4. The van der Waals surface area contributed by atoms with Crippen LogP contribution in [0.25, 0.3) is 22.3 Å². The van der Waals surface area contributed by atoms with E-state index in [4.69, 9.17) is 28.7 Å². The topological polar surface area (TPSA) is 327 Å². The van der Waals surface area contributed by atoms with E-state index >= 15 is 4.39 Å². The first kappa shape index (κ1) is 65.6. The van der Waals surface area contributed by atoms with Gasteiger partial charge in [-0.2, -0.15) is 11.8 Å². The van der Waals surface area contributed by atoms with Gasteiger partial charge in [0.05, 0.1) is 86.4 Å². The van der Waals surface area contributed by atoms with Gasteiger partial charge in [-0.3, -0.25) is 48.1 Å². The number of rotatable bonds is 30. The first-order chi connectivity index (χ1) is 41.6. The fourth-order valence-electron chi connectivity index (χ4n) is 12.1. The summed E-state index contributed by atoms with van der Waals surface area (Å²) in [7, 11) is 0. The number of halogens is 1. The molecule has 2 fully saturated rings. The molecule has 0 radical (unpaired) electrons. The number of hydrogen-bond acceptors (Lipinski definition) is 18. The second-order valence-electron chi connectivity index (χ2n) is 22.7. The Morgan fingerprint density at radius 2 is 1.63 bits per heavy atom. The number of aliphatic carboxylic acids is 1. The molecule has 8 rings (SSSR count). The second-order valence-corrected chi connectivity index (χ2v) is 23.7. The second kappa shape index (κ2) is 29.1. The van der Waals surface area contributed by atoms with E-state index in [0.717, 1.165) is 16.0 Å². The predicted octanol–water partition coefficient (Wildman–Crippen LogP) is 2.90. The highest BCUT2D eigenvalue weighted by Crippen LogP contribution is 2.47. The molecule has 0 spiro atoms. The molecule has 1 aromatic carbocycles. The highest BCUT2D eigenvalue weighted by molar-refractivity contribution is 8.00. The van der Waals surface area contributed by atoms with Crippen molar-refractivity contribution in [3.63, 3.8) is 0 Å². The summed E-state index contributed by atoms with van der Waals surface area (Å²) in [5.74, 6) is -7.53. The zero-order chi connectivity index (χ0) is 62.9. The van der Waals surface area contributed by atoms with E-state index in [-0.39, 0.29) is 124 Å². The molecule has 6 heterocycles. The number of esters is 2. The summed E-state index contributed by atoms with van der Waals surface area (Å²) in [6.45, 7) is 9.14. The number of aryl methyl sites for hydroxylation is 1. The van der Waals surface area contributed by atoms with Crippen molar-refractivity contribution in [1.29, 1.82) is 0 Å². The van der Waals surface area contributed by atoms with Gasteiger partial charge in [0.25, 0.3) is 5.56 Å². The third kappa shape index (κ3) is 14.6. The van der Waals surface area contributed by atoms with Gasteiger partial charge < -0.3 is 59.5 Å². The van der Waals surface area contributed by atoms with Crippen LogP contribution >= 0.6 is 11.8 Å². The molecule has 4 aliphatic heterocycles. The Bertz CT molecular complexity index is 3270. The molecule has 0 bridgehead atoms. The highest BCUT2D eigenvalue weighted by atomic mass is 32.2. The molecule has 3 aromatic rings. The summed E-state index contributed by atoms with van der Waals surface area (Å²) in [4.78, 5) is 153. The number of carbonyl (C=O) groups excluding carboxylic acids is 9. The van der Waals surface area contributed by atoms with Crippen LogP contribution in [0.15, 0.2) is 16.9 Å². The van der Waals surface area contributed by atoms with E-state index in [1.54, 1.807) is 33.8 Å². The maximum atomic E-state index is 15.5. The van der Waals surface area contributed by atoms with Crippen molar-refractivity contribution in [2.45, 2.75) is 160 Å². The van der Waals surface area contributed by atoms with Crippen molar-refractivity contribution in [2.75, 3.05) is 65.5 Å². The third-order valence-electron chi connectivity index (χ3n) is 16.6. The van der Waals surface area contributed by atoms with Crippen LogP contribution in [-0.4, -0.2) is 173 Å². The fraction of sp³-hybridized carbons (Fsp3) is 0.600. The average molecular weight is 1230 g/mol. The number of carboxylic acids is 1. The number of amides is 7. The Morgan fingerprint density at radius 3 is 2.31 bits per heavy atom. The number of nitrogens with zero attached hydrogens (tertiary/aromatic N) is 4. The lowest BCUT2D eigenvalue weighted by Gasteiger charge is -2.37. The molecule has 25 nitrogen and oxygen atoms in total. The van der Waals surface area contributed by atoms with Gasteiger partial charge in [0.15, 0.2) is 0 Å². The molecule has 1 unspecified atom stereocenters. The first-order valence-corrected chi connectivity index (χ1v) is 31.0. The maximum absolute atomic E-state index is 15.5. The molecule has 1 aliphatic carbocycles. The number of aromatic nitrogens is 2. The lowest BCUT2D eigenvalue weighted by molar-refractivity contribution is -0.191. The molecular formula is C60H77FN8O17S. The summed E-state index contributed by atoms with van der Waals surface area (Å²) in [5.41, 5.74) is 0.871. The van der Waals surface area contributed by atoms with Gasteiger partial charge in [-0.05, 0) is 86.8 Å². The van der Waals surface area contributed by atoms with Gasteiger partial charge in [-0.25, -0.2) is 19.0 Å². The summed E-state index contributed by atoms with van der Waals surface area (Å²) in [6, 6.07) is -1.77. The van der Waals surface area contributed by atoms with Gasteiger partial charge in [0, 0.05) is 68.4 Å². The number of carboxylic acid groups (broad SMARTS) is 1. The van der Waals surface area contributed by atoms with Gasteiger partial charge in [0.1, 0.15) is 30.5 Å². The lowest BCUT2D eigenvalue weighted by Crippen LogP contribution is -2.57. The molecule has 0 saturated carbocycles. The maximum Gasteiger partial charge on any atom is 0.355 e. The minimum absolute atomic E-state index is 0.0292. The van der Waals surface area contributed by atoms with Crippen LogP contribution in [0.4, 0.5) is 4.39 Å². The Balaban J connectivity index is 0.807. The van der Waals surface area contributed by atoms with Gasteiger partial charge in [0.2, 0.25) is 47.0 Å². The van der Waals surface area contributed by atoms with E-state index in [1.807, 2.05) is 6.26 Å². The van der Waals surface area contributed by atoms with Crippen LogP contribution in [0, 0.1) is 18.7 Å². The van der Waals surface area contributed by atoms with Gasteiger partial charge >= 0.3 is 17.9 Å². The van der Waals surface area contributed by atoms with Crippen molar-refractivity contribution >= 4 is 81.9 Å². The van der Waals surface area contributed by atoms with Crippen molar-refractivity contribution in [3.8, 4) is 11.4 Å². The van der Waals surface area contributed by atoms with Crippen LogP contribution in [0.3, 0.4) is 0 Å². The number of cyclic esters (lactones) is 1. The Morgan fingerprint density at radius 1 is 0.908 bits per heavy atom. The Kier molecular flexibility index (Phi) is 21.9. The summed E-state index contributed by atoms with van der Waals surface area (Å²) >= 11 is 1.38. The van der Waals surface area contributed by atoms with Gasteiger partial charge in [-0.1, -0.05) is 27.2 Å². The average Bonchev–Trinajstić information content (AvgIpc) is 1.76. The number of benzene rings is 1. The van der Waals surface area contributed by atoms with E-state index in [9.17, 15) is 57.8 Å².